The minimum absolute atomic E-state index is 0.00868. The number of nitrogens with one attached hydrogen (secondary N) is 1. The maximum absolute atomic E-state index is 12.2. The largest absolute Gasteiger partial charge is 0.481 e. The molecule has 2 amide bonds. The molecule has 5 nitrogen and oxygen atoms in total. The lowest BCUT2D eigenvalue weighted by atomic mass is 10.2. The van der Waals surface area contributed by atoms with Crippen LogP contribution in [0.15, 0.2) is 12.1 Å². The minimum atomic E-state index is -0.875. The molecule has 1 unspecified atom stereocenters. The van der Waals surface area contributed by atoms with Crippen molar-refractivity contribution in [3.05, 3.63) is 21.3 Å². The van der Waals surface area contributed by atoms with Gasteiger partial charge in [0.25, 0.3) is 0 Å². The van der Waals surface area contributed by atoms with Gasteiger partial charge in [-0.25, -0.2) is 4.79 Å². The van der Waals surface area contributed by atoms with Crippen molar-refractivity contribution in [3.8, 4) is 0 Å². The van der Waals surface area contributed by atoms with Gasteiger partial charge in [-0.1, -0.05) is 11.6 Å². The third kappa shape index (κ3) is 4.29. The third-order valence-corrected chi connectivity index (χ3v) is 5.26. The lowest BCUT2D eigenvalue weighted by Gasteiger charge is -2.34. The minimum Gasteiger partial charge on any atom is -0.481 e. The quantitative estimate of drug-likeness (QED) is 0.887. The molecule has 0 radical (unpaired) electrons. The number of carboxylic acid groups (broad SMARTS) is 1. The molecule has 2 heterocycles. The summed E-state index contributed by atoms with van der Waals surface area (Å²) >= 11 is 8.94. The van der Waals surface area contributed by atoms with Gasteiger partial charge >= 0.3 is 12.0 Å². The molecule has 20 heavy (non-hydrogen) atoms. The SMILES string of the molecule is O=C(O)CC1CSCCN1C(=O)NCc1ccc(Cl)s1. The van der Waals surface area contributed by atoms with E-state index in [0.717, 1.165) is 10.6 Å². The molecule has 0 saturated carbocycles. The average molecular weight is 335 g/mol. The highest BCUT2D eigenvalue weighted by Crippen LogP contribution is 2.22. The summed E-state index contributed by atoms with van der Waals surface area (Å²) in [6.45, 7) is 0.999. The van der Waals surface area contributed by atoms with E-state index in [1.54, 1.807) is 22.7 Å². The summed E-state index contributed by atoms with van der Waals surface area (Å²) in [5.74, 6) is 0.638. The van der Waals surface area contributed by atoms with Crippen LogP contribution in [0.5, 0.6) is 0 Å². The molecule has 2 N–H and O–H groups in total. The van der Waals surface area contributed by atoms with E-state index < -0.39 is 5.97 Å². The number of aliphatic carboxylic acids is 1. The van der Waals surface area contributed by atoms with Crippen molar-refractivity contribution in [2.45, 2.75) is 19.0 Å². The molecular weight excluding hydrogens is 320 g/mol. The third-order valence-electron chi connectivity index (χ3n) is 2.94. The standard InChI is InChI=1S/C12H15ClN2O3S2/c13-10-2-1-9(20-10)6-14-12(18)15-3-4-19-7-8(15)5-11(16)17/h1-2,8H,3-7H2,(H,14,18)(H,16,17). The number of carbonyl (C=O) groups excluding carboxylic acids is 1. The van der Waals surface area contributed by atoms with Crippen molar-refractivity contribution in [1.29, 1.82) is 0 Å². The van der Waals surface area contributed by atoms with Crippen LogP contribution in [0.25, 0.3) is 0 Å². The van der Waals surface area contributed by atoms with Crippen LogP contribution in [-0.4, -0.2) is 46.1 Å². The van der Waals surface area contributed by atoms with Gasteiger partial charge in [0.05, 0.1) is 23.3 Å². The fraction of sp³-hybridized carbons (Fsp3) is 0.500. The van der Waals surface area contributed by atoms with E-state index in [2.05, 4.69) is 5.32 Å². The van der Waals surface area contributed by atoms with E-state index in [1.165, 1.54) is 11.3 Å². The van der Waals surface area contributed by atoms with Crippen LogP contribution in [0.4, 0.5) is 4.79 Å². The molecule has 0 aliphatic carbocycles. The van der Waals surface area contributed by atoms with Crippen LogP contribution < -0.4 is 5.32 Å². The number of amides is 2. The number of halogens is 1. The van der Waals surface area contributed by atoms with Gasteiger partial charge in [0.15, 0.2) is 0 Å². The highest BCUT2D eigenvalue weighted by Gasteiger charge is 2.28. The van der Waals surface area contributed by atoms with Crippen molar-refractivity contribution in [1.82, 2.24) is 10.2 Å². The van der Waals surface area contributed by atoms with Crippen molar-refractivity contribution in [2.75, 3.05) is 18.1 Å². The van der Waals surface area contributed by atoms with Crippen LogP contribution in [0.2, 0.25) is 4.34 Å². The predicted octanol–water partition coefficient (Wildman–Crippen LogP) is 2.50. The van der Waals surface area contributed by atoms with E-state index in [-0.39, 0.29) is 18.5 Å². The number of thiophene rings is 1. The number of hydrogen-bond donors (Lipinski definition) is 2. The number of nitrogens with zero attached hydrogens (tertiary/aromatic N) is 1. The van der Waals surface area contributed by atoms with Crippen molar-refractivity contribution in [3.63, 3.8) is 0 Å². The molecule has 1 saturated heterocycles. The molecule has 1 fully saturated rings. The Kier molecular flexibility index (Phi) is 5.56. The summed E-state index contributed by atoms with van der Waals surface area (Å²) in [5, 5.41) is 11.7. The molecular formula is C12H15ClN2O3S2. The maximum atomic E-state index is 12.2. The van der Waals surface area contributed by atoms with Crippen molar-refractivity contribution < 1.29 is 14.7 Å². The normalized spacial score (nSPS) is 18.9. The summed E-state index contributed by atoms with van der Waals surface area (Å²) in [5.41, 5.74) is 0. The zero-order valence-corrected chi connectivity index (χ0v) is 13.1. The van der Waals surface area contributed by atoms with Gasteiger partial charge in [-0.05, 0) is 12.1 Å². The summed E-state index contributed by atoms with van der Waals surface area (Å²) in [6, 6.07) is 3.21. The van der Waals surface area contributed by atoms with Gasteiger partial charge in [-0.2, -0.15) is 11.8 Å². The summed E-state index contributed by atoms with van der Waals surface area (Å²) in [6.07, 6.45) is -0.00868. The van der Waals surface area contributed by atoms with Crippen LogP contribution in [0, 0.1) is 0 Å². The van der Waals surface area contributed by atoms with E-state index in [1.807, 2.05) is 6.07 Å². The molecule has 1 atom stereocenters. The van der Waals surface area contributed by atoms with Crippen LogP contribution in [-0.2, 0) is 11.3 Å². The smallest absolute Gasteiger partial charge is 0.318 e. The van der Waals surface area contributed by atoms with Crippen molar-refractivity contribution >= 4 is 46.7 Å². The number of carbonyl (C=O) groups is 2. The Morgan fingerprint density at radius 2 is 2.30 bits per heavy atom. The fourth-order valence-corrected chi connectivity index (χ4v) is 4.09. The molecule has 110 valence electrons. The molecule has 8 heteroatoms. The maximum Gasteiger partial charge on any atom is 0.318 e. The topological polar surface area (TPSA) is 69.6 Å². The first-order valence-corrected chi connectivity index (χ1v) is 8.49. The van der Waals surface area contributed by atoms with Gasteiger partial charge in [0.2, 0.25) is 0 Å². The zero-order valence-electron chi connectivity index (χ0n) is 10.7. The Hall–Kier alpha value is -0.920. The zero-order chi connectivity index (χ0) is 14.5. The first-order chi connectivity index (χ1) is 9.56. The van der Waals surface area contributed by atoms with Gasteiger partial charge in [-0.3, -0.25) is 4.79 Å². The lowest BCUT2D eigenvalue weighted by Crippen LogP contribution is -2.51. The Morgan fingerprint density at radius 1 is 1.50 bits per heavy atom. The van der Waals surface area contributed by atoms with Gasteiger partial charge in [0.1, 0.15) is 0 Å². The molecule has 1 aliphatic heterocycles. The second-order valence-electron chi connectivity index (χ2n) is 4.38. The van der Waals surface area contributed by atoms with Gasteiger partial charge in [-0.15, -0.1) is 11.3 Å². The summed E-state index contributed by atoms with van der Waals surface area (Å²) in [4.78, 5) is 25.6. The molecule has 1 aromatic rings. The van der Waals surface area contributed by atoms with Gasteiger partial charge < -0.3 is 15.3 Å². The van der Waals surface area contributed by atoms with Crippen LogP contribution >= 0.6 is 34.7 Å². The Labute approximate surface area is 130 Å². The summed E-state index contributed by atoms with van der Waals surface area (Å²) < 4.78 is 0.687. The van der Waals surface area contributed by atoms with Crippen LogP contribution in [0.3, 0.4) is 0 Å². The second kappa shape index (κ2) is 7.19. The molecule has 0 aromatic carbocycles. The van der Waals surface area contributed by atoms with Gasteiger partial charge in [0, 0.05) is 22.9 Å². The number of hydrogen-bond acceptors (Lipinski definition) is 4. The van der Waals surface area contributed by atoms with E-state index in [9.17, 15) is 9.59 Å². The van der Waals surface area contributed by atoms with E-state index in [0.29, 0.717) is 23.2 Å². The number of carboxylic acids is 1. The average Bonchev–Trinajstić information content (AvgIpc) is 2.82. The predicted molar refractivity (Wildman–Crippen MR) is 81.6 cm³/mol. The number of rotatable bonds is 4. The highest BCUT2D eigenvalue weighted by molar-refractivity contribution is 7.99. The molecule has 2 rings (SSSR count). The number of urea groups is 1. The summed E-state index contributed by atoms with van der Waals surface area (Å²) in [7, 11) is 0. The van der Waals surface area contributed by atoms with E-state index in [4.69, 9.17) is 16.7 Å². The Balaban J connectivity index is 1.90. The van der Waals surface area contributed by atoms with Crippen molar-refractivity contribution in [2.24, 2.45) is 0 Å². The van der Waals surface area contributed by atoms with Crippen LogP contribution in [0.1, 0.15) is 11.3 Å². The highest BCUT2D eigenvalue weighted by atomic mass is 35.5. The molecule has 1 aromatic heterocycles. The fourth-order valence-electron chi connectivity index (χ4n) is 2.00. The lowest BCUT2D eigenvalue weighted by molar-refractivity contribution is -0.137. The molecule has 1 aliphatic rings. The number of thioether (sulfide) groups is 1. The second-order valence-corrected chi connectivity index (χ2v) is 7.33. The first-order valence-electron chi connectivity index (χ1n) is 6.14. The first kappa shape index (κ1) is 15.5. The Morgan fingerprint density at radius 3 is 2.95 bits per heavy atom. The molecule has 0 spiro atoms. The molecule has 0 bridgehead atoms. The Bertz CT molecular complexity index is 495. The van der Waals surface area contributed by atoms with E-state index >= 15 is 0 Å². The monoisotopic (exact) mass is 334 g/mol.